The van der Waals surface area contributed by atoms with Crippen molar-refractivity contribution in [3.63, 3.8) is 0 Å². The molecule has 20 heavy (non-hydrogen) atoms. The van der Waals surface area contributed by atoms with E-state index in [0.717, 1.165) is 22.2 Å². The monoisotopic (exact) mass is 358 g/mol. The summed E-state index contributed by atoms with van der Waals surface area (Å²) >= 11 is 4.97. The van der Waals surface area contributed by atoms with Gasteiger partial charge in [-0.05, 0) is 59.8 Å². The maximum Gasteiger partial charge on any atom is 0.230 e. The summed E-state index contributed by atoms with van der Waals surface area (Å²) in [6, 6.07) is 5.86. The van der Waals surface area contributed by atoms with Crippen molar-refractivity contribution in [2.45, 2.75) is 44.6 Å². The minimum atomic E-state index is 0.0787. The molecule has 0 aromatic heterocycles. The molecule has 112 valence electrons. The van der Waals surface area contributed by atoms with Crippen LogP contribution < -0.4 is 11.1 Å². The Labute approximate surface area is 134 Å². The summed E-state index contributed by atoms with van der Waals surface area (Å²) in [6.45, 7) is 6.45. The Morgan fingerprint density at radius 1 is 1.35 bits per heavy atom. The van der Waals surface area contributed by atoms with Gasteiger partial charge in [-0.1, -0.05) is 13.8 Å². The molecule has 1 aromatic rings. The lowest BCUT2D eigenvalue weighted by atomic mass is 10.0. The van der Waals surface area contributed by atoms with Gasteiger partial charge in [0.2, 0.25) is 5.91 Å². The number of rotatable bonds is 7. The highest BCUT2D eigenvalue weighted by Crippen LogP contribution is 2.29. The second kappa shape index (κ2) is 8.57. The Balaban J connectivity index is 2.36. The number of carbonyl (C=O) groups excluding carboxylic acids is 1. The van der Waals surface area contributed by atoms with Gasteiger partial charge in [0.25, 0.3) is 0 Å². The highest BCUT2D eigenvalue weighted by Gasteiger charge is 2.10. The number of hydrogen-bond donors (Lipinski definition) is 2. The van der Waals surface area contributed by atoms with Crippen molar-refractivity contribution in [1.29, 1.82) is 0 Å². The number of nitrogen functional groups attached to an aromatic ring is 1. The molecular formula is C15H23BrN2OS. The van der Waals surface area contributed by atoms with Crippen LogP contribution in [0.1, 0.15) is 33.6 Å². The van der Waals surface area contributed by atoms with Crippen molar-refractivity contribution in [3.8, 4) is 0 Å². The molecule has 0 bridgehead atoms. The molecule has 0 fully saturated rings. The zero-order valence-corrected chi connectivity index (χ0v) is 14.7. The first kappa shape index (κ1) is 17.4. The van der Waals surface area contributed by atoms with Gasteiger partial charge in [-0.15, -0.1) is 11.8 Å². The molecule has 1 amide bonds. The van der Waals surface area contributed by atoms with Crippen LogP contribution in [-0.4, -0.2) is 17.7 Å². The van der Waals surface area contributed by atoms with E-state index in [0.29, 0.717) is 17.4 Å². The lowest BCUT2D eigenvalue weighted by Gasteiger charge is -2.15. The molecule has 1 atom stereocenters. The largest absolute Gasteiger partial charge is 0.399 e. The molecule has 0 saturated carbocycles. The lowest BCUT2D eigenvalue weighted by molar-refractivity contribution is -0.119. The summed E-state index contributed by atoms with van der Waals surface area (Å²) in [5.74, 6) is 1.18. The molecular weight excluding hydrogens is 336 g/mol. The van der Waals surface area contributed by atoms with Gasteiger partial charge >= 0.3 is 0 Å². The smallest absolute Gasteiger partial charge is 0.230 e. The fraction of sp³-hybridized carbons (Fsp3) is 0.533. The van der Waals surface area contributed by atoms with Crippen LogP contribution in [0.5, 0.6) is 0 Å². The predicted molar refractivity (Wildman–Crippen MR) is 91.0 cm³/mol. The van der Waals surface area contributed by atoms with Crippen LogP contribution >= 0.6 is 27.7 Å². The first-order valence-corrected chi connectivity index (χ1v) is 8.63. The van der Waals surface area contributed by atoms with Crippen LogP contribution in [0.25, 0.3) is 0 Å². The number of nitrogens with two attached hydrogens (primary N) is 1. The predicted octanol–water partition coefficient (Wildman–Crippen LogP) is 4.06. The van der Waals surface area contributed by atoms with Crippen molar-refractivity contribution in [1.82, 2.24) is 5.32 Å². The summed E-state index contributed by atoms with van der Waals surface area (Å²) in [6.07, 6.45) is 2.16. The standard InChI is InChI=1S/C15H23BrN2OS/c1-10(2)4-5-11(3)18-15(19)9-20-14-7-6-12(17)8-13(14)16/h6-8,10-11H,4-5,9,17H2,1-3H3,(H,18,19). The Kier molecular flexibility index (Phi) is 7.45. The summed E-state index contributed by atoms with van der Waals surface area (Å²) in [5, 5.41) is 3.04. The van der Waals surface area contributed by atoms with Gasteiger partial charge in [0.15, 0.2) is 0 Å². The number of carbonyl (C=O) groups is 1. The fourth-order valence-electron chi connectivity index (χ4n) is 1.75. The number of benzene rings is 1. The van der Waals surface area contributed by atoms with Gasteiger partial charge in [-0.3, -0.25) is 4.79 Å². The van der Waals surface area contributed by atoms with E-state index in [-0.39, 0.29) is 11.9 Å². The molecule has 3 nitrogen and oxygen atoms in total. The molecule has 1 unspecified atom stereocenters. The van der Waals surface area contributed by atoms with E-state index in [1.807, 2.05) is 18.2 Å². The van der Waals surface area contributed by atoms with E-state index in [1.165, 1.54) is 11.8 Å². The molecule has 0 aliphatic heterocycles. The van der Waals surface area contributed by atoms with E-state index < -0.39 is 0 Å². The van der Waals surface area contributed by atoms with Gasteiger partial charge in [0, 0.05) is 21.1 Å². The Hall–Kier alpha value is -0.680. The van der Waals surface area contributed by atoms with E-state index in [9.17, 15) is 4.79 Å². The second-order valence-corrected chi connectivity index (χ2v) is 7.29. The molecule has 0 radical (unpaired) electrons. The quantitative estimate of drug-likeness (QED) is 0.570. The lowest BCUT2D eigenvalue weighted by Crippen LogP contribution is -2.34. The highest BCUT2D eigenvalue weighted by atomic mass is 79.9. The Morgan fingerprint density at radius 2 is 2.05 bits per heavy atom. The molecule has 3 N–H and O–H groups in total. The minimum Gasteiger partial charge on any atom is -0.399 e. The third kappa shape index (κ3) is 6.66. The minimum absolute atomic E-state index is 0.0787. The van der Waals surface area contributed by atoms with Crippen LogP contribution in [0.2, 0.25) is 0 Å². The molecule has 0 saturated heterocycles. The molecule has 1 aromatic carbocycles. The molecule has 5 heteroatoms. The second-order valence-electron chi connectivity index (χ2n) is 5.42. The SMILES string of the molecule is CC(C)CCC(C)NC(=O)CSc1ccc(N)cc1Br. The summed E-state index contributed by atoms with van der Waals surface area (Å²) < 4.78 is 0.933. The summed E-state index contributed by atoms with van der Waals surface area (Å²) in [5.41, 5.74) is 6.40. The molecule has 0 aliphatic rings. The normalized spacial score (nSPS) is 12.4. The first-order valence-electron chi connectivity index (χ1n) is 6.85. The number of nitrogens with one attached hydrogen (secondary N) is 1. The number of hydrogen-bond acceptors (Lipinski definition) is 3. The Morgan fingerprint density at radius 3 is 2.65 bits per heavy atom. The summed E-state index contributed by atoms with van der Waals surface area (Å²) in [7, 11) is 0. The zero-order chi connectivity index (χ0) is 15.1. The van der Waals surface area contributed by atoms with E-state index in [2.05, 4.69) is 42.0 Å². The van der Waals surface area contributed by atoms with E-state index in [4.69, 9.17) is 5.73 Å². The van der Waals surface area contributed by atoms with Gasteiger partial charge in [0.05, 0.1) is 5.75 Å². The van der Waals surface area contributed by atoms with Crippen molar-refractivity contribution in [3.05, 3.63) is 22.7 Å². The molecule has 0 aliphatic carbocycles. The molecule has 0 heterocycles. The zero-order valence-electron chi connectivity index (χ0n) is 12.3. The highest BCUT2D eigenvalue weighted by molar-refractivity contribution is 9.10. The third-order valence-electron chi connectivity index (χ3n) is 2.90. The van der Waals surface area contributed by atoms with Crippen LogP contribution in [0.3, 0.4) is 0 Å². The van der Waals surface area contributed by atoms with Gasteiger partial charge in [-0.2, -0.15) is 0 Å². The van der Waals surface area contributed by atoms with Crippen molar-refractivity contribution < 1.29 is 4.79 Å². The van der Waals surface area contributed by atoms with Gasteiger partial charge in [0.1, 0.15) is 0 Å². The molecule has 0 spiro atoms. The number of anilines is 1. The third-order valence-corrected chi connectivity index (χ3v) is 4.89. The topological polar surface area (TPSA) is 55.1 Å². The maximum atomic E-state index is 11.9. The van der Waals surface area contributed by atoms with Crippen molar-refractivity contribution >= 4 is 39.3 Å². The average Bonchev–Trinajstić information content (AvgIpc) is 2.35. The van der Waals surface area contributed by atoms with Crippen molar-refractivity contribution in [2.24, 2.45) is 5.92 Å². The van der Waals surface area contributed by atoms with E-state index in [1.54, 1.807) is 0 Å². The average molecular weight is 359 g/mol. The van der Waals surface area contributed by atoms with Crippen LogP contribution in [0.15, 0.2) is 27.6 Å². The number of halogens is 1. The van der Waals surface area contributed by atoms with Gasteiger partial charge < -0.3 is 11.1 Å². The van der Waals surface area contributed by atoms with Crippen LogP contribution in [0.4, 0.5) is 5.69 Å². The number of thioether (sulfide) groups is 1. The van der Waals surface area contributed by atoms with Gasteiger partial charge in [-0.25, -0.2) is 0 Å². The van der Waals surface area contributed by atoms with Crippen LogP contribution in [0, 0.1) is 5.92 Å². The Bertz CT molecular complexity index is 451. The molecule has 1 rings (SSSR count). The first-order chi connectivity index (χ1) is 9.38. The maximum absolute atomic E-state index is 11.9. The summed E-state index contributed by atoms with van der Waals surface area (Å²) in [4.78, 5) is 12.9. The fourth-order valence-corrected chi connectivity index (χ4v) is 3.22. The van der Waals surface area contributed by atoms with Crippen LogP contribution in [-0.2, 0) is 4.79 Å². The van der Waals surface area contributed by atoms with E-state index >= 15 is 0 Å². The van der Waals surface area contributed by atoms with Crippen molar-refractivity contribution in [2.75, 3.05) is 11.5 Å². The number of amides is 1.